The Labute approximate surface area is 160 Å². The fourth-order valence-electron chi connectivity index (χ4n) is 3.35. The van der Waals surface area contributed by atoms with Crippen LogP contribution in [0.2, 0.25) is 0 Å². The highest BCUT2D eigenvalue weighted by Crippen LogP contribution is 2.22. The van der Waals surface area contributed by atoms with Crippen molar-refractivity contribution in [2.75, 3.05) is 24.6 Å². The van der Waals surface area contributed by atoms with Gasteiger partial charge >= 0.3 is 0 Å². The Hall–Kier alpha value is -2.45. The maximum Gasteiger partial charge on any atom is 0.272 e. The van der Waals surface area contributed by atoms with Crippen LogP contribution in [-0.4, -0.2) is 35.3 Å². The Morgan fingerprint density at radius 3 is 2.89 bits per heavy atom. The molecule has 0 bridgehead atoms. The molecule has 4 rings (SSSR count). The van der Waals surface area contributed by atoms with E-state index in [0.29, 0.717) is 29.5 Å². The number of thiophene rings is 1. The summed E-state index contributed by atoms with van der Waals surface area (Å²) >= 11 is 1.39. The molecular weight excluding hydrogens is 367 g/mol. The summed E-state index contributed by atoms with van der Waals surface area (Å²) in [6.07, 6.45) is 1.96. The third-order valence-corrected chi connectivity index (χ3v) is 5.58. The van der Waals surface area contributed by atoms with Gasteiger partial charge in [-0.05, 0) is 48.6 Å². The van der Waals surface area contributed by atoms with E-state index in [9.17, 15) is 9.18 Å². The van der Waals surface area contributed by atoms with Crippen molar-refractivity contribution in [3.05, 3.63) is 51.9 Å². The number of ether oxygens (including phenoxy) is 1. The largest absolute Gasteiger partial charge is 0.492 e. The predicted octanol–water partition coefficient (Wildman–Crippen LogP) is 2.60. The number of aromatic nitrogens is 2. The average molecular weight is 388 g/mol. The van der Waals surface area contributed by atoms with Gasteiger partial charge in [-0.25, -0.2) is 9.37 Å². The number of rotatable bonds is 5. The Morgan fingerprint density at radius 2 is 2.11 bits per heavy atom. The molecule has 0 amide bonds. The molecule has 0 radical (unpaired) electrons. The van der Waals surface area contributed by atoms with E-state index in [-0.39, 0.29) is 24.0 Å². The minimum absolute atomic E-state index is 0.0631. The van der Waals surface area contributed by atoms with Crippen molar-refractivity contribution in [1.82, 2.24) is 9.55 Å². The van der Waals surface area contributed by atoms with Crippen LogP contribution in [0.3, 0.4) is 0 Å². The summed E-state index contributed by atoms with van der Waals surface area (Å²) < 4.78 is 21.0. The summed E-state index contributed by atoms with van der Waals surface area (Å²) in [5.74, 6) is 0.898. The highest BCUT2D eigenvalue weighted by molar-refractivity contribution is 7.17. The second-order valence-corrected chi connectivity index (χ2v) is 7.57. The molecule has 1 saturated heterocycles. The molecule has 1 fully saturated rings. The van der Waals surface area contributed by atoms with E-state index in [1.807, 2.05) is 11.4 Å². The summed E-state index contributed by atoms with van der Waals surface area (Å²) in [6, 6.07) is 7.79. The number of piperidine rings is 1. The standard InChI is InChI=1S/C19H21FN4O2S/c20-13-3-5-15(6-4-13)26-10-9-24-18(25)17-16(7-11-27-17)22-19(24)23-8-1-2-14(21)12-23/h3-7,11,14H,1-2,8-10,12,21H2. The normalized spacial score (nSPS) is 17.4. The van der Waals surface area contributed by atoms with Gasteiger partial charge in [-0.2, -0.15) is 0 Å². The van der Waals surface area contributed by atoms with Gasteiger partial charge in [0.15, 0.2) is 0 Å². The van der Waals surface area contributed by atoms with Gasteiger partial charge in [0.05, 0.1) is 12.1 Å². The lowest BCUT2D eigenvalue weighted by atomic mass is 10.1. The van der Waals surface area contributed by atoms with Gasteiger partial charge in [0.2, 0.25) is 5.95 Å². The van der Waals surface area contributed by atoms with Crippen LogP contribution >= 0.6 is 11.3 Å². The molecule has 1 aliphatic heterocycles. The van der Waals surface area contributed by atoms with Gasteiger partial charge in [-0.3, -0.25) is 9.36 Å². The van der Waals surface area contributed by atoms with Crippen molar-refractivity contribution in [1.29, 1.82) is 0 Å². The third kappa shape index (κ3) is 3.81. The van der Waals surface area contributed by atoms with Crippen LogP contribution in [0.5, 0.6) is 5.75 Å². The molecule has 6 nitrogen and oxygen atoms in total. The highest BCUT2D eigenvalue weighted by Gasteiger charge is 2.22. The van der Waals surface area contributed by atoms with Crippen molar-refractivity contribution in [3.8, 4) is 5.75 Å². The Kier molecular flexibility index (Phi) is 5.09. The fourth-order valence-corrected chi connectivity index (χ4v) is 4.13. The number of fused-ring (bicyclic) bond motifs is 1. The van der Waals surface area contributed by atoms with Gasteiger partial charge in [0.25, 0.3) is 5.56 Å². The highest BCUT2D eigenvalue weighted by atomic mass is 32.1. The number of halogens is 1. The van der Waals surface area contributed by atoms with Crippen molar-refractivity contribution >= 4 is 27.5 Å². The first kappa shape index (κ1) is 17.9. The van der Waals surface area contributed by atoms with Crippen LogP contribution in [0.1, 0.15) is 12.8 Å². The molecule has 0 saturated carbocycles. The van der Waals surface area contributed by atoms with Crippen molar-refractivity contribution in [3.63, 3.8) is 0 Å². The summed E-state index contributed by atoms with van der Waals surface area (Å²) in [5, 5.41) is 1.88. The van der Waals surface area contributed by atoms with E-state index in [1.54, 1.807) is 16.7 Å². The van der Waals surface area contributed by atoms with Gasteiger partial charge < -0.3 is 15.4 Å². The Morgan fingerprint density at radius 1 is 1.30 bits per heavy atom. The molecule has 2 N–H and O–H groups in total. The molecule has 142 valence electrons. The molecule has 2 aromatic heterocycles. The molecular formula is C19H21FN4O2S. The Bertz CT molecular complexity index is 986. The molecule has 3 heterocycles. The summed E-state index contributed by atoms with van der Waals surface area (Å²) in [5.41, 5.74) is 6.78. The predicted molar refractivity (Wildman–Crippen MR) is 105 cm³/mol. The van der Waals surface area contributed by atoms with Crippen LogP contribution < -0.4 is 20.9 Å². The molecule has 3 aromatic rings. The number of anilines is 1. The lowest BCUT2D eigenvalue weighted by Gasteiger charge is -2.33. The topological polar surface area (TPSA) is 73.4 Å². The van der Waals surface area contributed by atoms with Crippen molar-refractivity contribution < 1.29 is 9.13 Å². The number of hydrogen-bond acceptors (Lipinski definition) is 6. The lowest BCUT2D eigenvalue weighted by molar-refractivity contribution is 0.295. The van der Waals surface area contributed by atoms with E-state index >= 15 is 0 Å². The van der Waals surface area contributed by atoms with Gasteiger partial charge in [-0.1, -0.05) is 0 Å². The zero-order valence-corrected chi connectivity index (χ0v) is 15.6. The number of hydrogen-bond donors (Lipinski definition) is 1. The van der Waals surface area contributed by atoms with Crippen LogP contribution in [-0.2, 0) is 6.54 Å². The quantitative estimate of drug-likeness (QED) is 0.727. The van der Waals surface area contributed by atoms with Gasteiger partial charge in [-0.15, -0.1) is 11.3 Å². The summed E-state index contributed by atoms with van der Waals surface area (Å²) in [4.78, 5) is 19.8. The molecule has 1 atom stereocenters. The number of benzene rings is 1. The molecule has 0 aliphatic carbocycles. The van der Waals surface area contributed by atoms with Crippen molar-refractivity contribution in [2.45, 2.75) is 25.4 Å². The van der Waals surface area contributed by atoms with E-state index < -0.39 is 0 Å². The fraction of sp³-hybridized carbons (Fsp3) is 0.368. The molecule has 1 aliphatic rings. The monoisotopic (exact) mass is 388 g/mol. The van der Waals surface area contributed by atoms with Crippen LogP contribution in [0.4, 0.5) is 10.3 Å². The second-order valence-electron chi connectivity index (χ2n) is 6.65. The third-order valence-electron chi connectivity index (χ3n) is 4.68. The summed E-state index contributed by atoms with van der Waals surface area (Å²) in [6.45, 7) is 2.16. The molecule has 8 heteroatoms. The van der Waals surface area contributed by atoms with E-state index in [1.165, 1.54) is 23.5 Å². The second kappa shape index (κ2) is 7.66. The number of nitrogens with two attached hydrogens (primary N) is 1. The smallest absolute Gasteiger partial charge is 0.272 e. The lowest BCUT2D eigenvalue weighted by Crippen LogP contribution is -2.45. The maximum absolute atomic E-state index is 13.0. The molecule has 0 spiro atoms. The first-order valence-corrected chi connectivity index (χ1v) is 9.87. The van der Waals surface area contributed by atoms with E-state index in [4.69, 9.17) is 15.5 Å². The Balaban J connectivity index is 1.61. The van der Waals surface area contributed by atoms with Crippen LogP contribution in [0.25, 0.3) is 10.2 Å². The number of nitrogens with zero attached hydrogens (tertiary/aromatic N) is 3. The SMILES string of the molecule is NC1CCCN(c2nc3ccsc3c(=O)n2CCOc2ccc(F)cc2)C1. The first-order chi connectivity index (χ1) is 13.1. The van der Waals surface area contributed by atoms with Gasteiger partial charge in [0, 0.05) is 19.1 Å². The zero-order chi connectivity index (χ0) is 18.8. The summed E-state index contributed by atoms with van der Waals surface area (Å²) in [7, 11) is 0. The van der Waals surface area contributed by atoms with Gasteiger partial charge in [0.1, 0.15) is 22.9 Å². The minimum atomic E-state index is -0.311. The first-order valence-electron chi connectivity index (χ1n) is 8.99. The maximum atomic E-state index is 13.0. The molecule has 1 unspecified atom stereocenters. The average Bonchev–Trinajstić information content (AvgIpc) is 3.14. The minimum Gasteiger partial charge on any atom is -0.492 e. The van der Waals surface area contributed by atoms with Crippen LogP contribution in [0, 0.1) is 5.82 Å². The van der Waals surface area contributed by atoms with Crippen LogP contribution in [0.15, 0.2) is 40.5 Å². The zero-order valence-electron chi connectivity index (χ0n) is 14.8. The van der Waals surface area contributed by atoms with E-state index in [0.717, 1.165) is 24.9 Å². The van der Waals surface area contributed by atoms with Crippen molar-refractivity contribution in [2.24, 2.45) is 5.73 Å². The van der Waals surface area contributed by atoms with E-state index in [2.05, 4.69) is 4.90 Å². The molecule has 27 heavy (non-hydrogen) atoms. The molecule has 1 aromatic carbocycles.